The predicted octanol–water partition coefficient (Wildman–Crippen LogP) is 3.80. The van der Waals surface area contributed by atoms with Crippen molar-refractivity contribution in [2.45, 2.75) is 63.8 Å². The molecule has 0 atom stereocenters. The molecule has 2 N–H and O–H groups in total. The monoisotopic (exact) mass is 231 g/mol. The molecule has 1 aliphatic carbocycles. The number of hydrogen-bond acceptors (Lipinski definition) is 1. The van der Waals surface area contributed by atoms with Gasteiger partial charge in [0, 0.05) is 5.54 Å². The lowest BCUT2D eigenvalue weighted by Crippen LogP contribution is -2.38. The summed E-state index contributed by atoms with van der Waals surface area (Å²) in [7, 11) is 0. The molecule has 2 rings (SSSR count). The minimum Gasteiger partial charge on any atom is -0.325 e. The first-order chi connectivity index (χ1) is 7.89. The van der Waals surface area contributed by atoms with E-state index in [-0.39, 0.29) is 11.0 Å². The molecule has 0 saturated heterocycles. The maximum Gasteiger partial charge on any atom is 0.0195 e. The molecule has 1 nitrogen and oxygen atoms in total. The average molecular weight is 231 g/mol. The van der Waals surface area contributed by atoms with Gasteiger partial charge in [0.05, 0.1) is 0 Å². The zero-order chi connectivity index (χ0) is 12.5. The molecule has 17 heavy (non-hydrogen) atoms. The van der Waals surface area contributed by atoms with Crippen molar-refractivity contribution in [1.82, 2.24) is 0 Å². The van der Waals surface area contributed by atoms with Crippen LogP contribution in [0.15, 0.2) is 24.3 Å². The quantitative estimate of drug-likeness (QED) is 0.823. The van der Waals surface area contributed by atoms with Crippen LogP contribution >= 0.6 is 0 Å². The molecule has 0 amide bonds. The van der Waals surface area contributed by atoms with Crippen molar-refractivity contribution in [2.24, 2.45) is 5.73 Å². The Hall–Kier alpha value is -0.820. The fourth-order valence-electron chi connectivity index (χ4n) is 2.79. The van der Waals surface area contributed by atoms with Gasteiger partial charge in [0.15, 0.2) is 0 Å². The topological polar surface area (TPSA) is 26.0 Å². The van der Waals surface area contributed by atoms with Crippen molar-refractivity contribution in [3.05, 3.63) is 35.4 Å². The maximum atomic E-state index is 6.41. The standard InChI is InChI=1S/C16H25N/c1-15(2,3)14-8-6-13(7-9-14)12-16(17)10-4-5-11-16/h6-9H,4-5,10-12,17H2,1-3H3. The Morgan fingerprint density at radius 1 is 1.06 bits per heavy atom. The summed E-state index contributed by atoms with van der Waals surface area (Å²) >= 11 is 0. The lowest BCUT2D eigenvalue weighted by Gasteiger charge is -2.24. The highest BCUT2D eigenvalue weighted by Gasteiger charge is 2.29. The van der Waals surface area contributed by atoms with E-state index in [9.17, 15) is 0 Å². The number of hydrogen-bond donors (Lipinski definition) is 1. The fraction of sp³-hybridized carbons (Fsp3) is 0.625. The van der Waals surface area contributed by atoms with E-state index in [1.54, 1.807) is 0 Å². The molecule has 0 spiro atoms. The van der Waals surface area contributed by atoms with Gasteiger partial charge >= 0.3 is 0 Å². The summed E-state index contributed by atoms with van der Waals surface area (Å²) in [6, 6.07) is 9.03. The number of benzene rings is 1. The maximum absolute atomic E-state index is 6.41. The molecule has 0 radical (unpaired) electrons. The Bertz CT molecular complexity index is 364. The molecule has 0 heterocycles. The molecule has 94 valence electrons. The second-order valence-electron chi connectivity index (χ2n) is 6.69. The van der Waals surface area contributed by atoms with Crippen molar-refractivity contribution in [1.29, 1.82) is 0 Å². The molecule has 0 unspecified atom stereocenters. The molecule has 1 aromatic carbocycles. The van der Waals surface area contributed by atoms with Gasteiger partial charge in [-0.2, -0.15) is 0 Å². The van der Waals surface area contributed by atoms with Crippen LogP contribution in [-0.4, -0.2) is 5.54 Å². The van der Waals surface area contributed by atoms with Crippen molar-refractivity contribution < 1.29 is 0 Å². The smallest absolute Gasteiger partial charge is 0.0195 e. The Balaban J connectivity index is 2.08. The van der Waals surface area contributed by atoms with E-state index in [1.165, 1.54) is 36.8 Å². The highest BCUT2D eigenvalue weighted by molar-refractivity contribution is 5.28. The van der Waals surface area contributed by atoms with Gasteiger partial charge in [-0.15, -0.1) is 0 Å². The summed E-state index contributed by atoms with van der Waals surface area (Å²) < 4.78 is 0. The summed E-state index contributed by atoms with van der Waals surface area (Å²) in [5.41, 5.74) is 9.52. The van der Waals surface area contributed by atoms with Gasteiger partial charge in [0.2, 0.25) is 0 Å². The van der Waals surface area contributed by atoms with Crippen LogP contribution in [0.1, 0.15) is 57.6 Å². The molecule has 0 bridgehead atoms. The summed E-state index contributed by atoms with van der Waals surface area (Å²) in [4.78, 5) is 0. The Morgan fingerprint density at radius 2 is 1.59 bits per heavy atom. The van der Waals surface area contributed by atoms with Crippen LogP contribution in [0.3, 0.4) is 0 Å². The van der Waals surface area contributed by atoms with Gasteiger partial charge in [0.1, 0.15) is 0 Å². The highest BCUT2D eigenvalue weighted by Crippen LogP contribution is 2.31. The first-order valence-corrected chi connectivity index (χ1v) is 6.77. The van der Waals surface area contributed by atoms with Crippen molar-refractivity contribution in [2.75, 3.05) is 0 Å². The zero-order valence-corrected chi connectivity index (χ0v) is 11.4. The van der Waals surface area contributed by atoms with E-state index in [1.807, 2.05) is 0 Å². The lowest BCUT2D eigenvalue weighted by atomic mass is 9.85. The zero-order valence-electron chi connectivity index (χ0n) is 11.4. The first-order valence-electron chi connectivity index (χ1n) is 6.77. The van der Waals surface area contributed by atoms with Gasteiger partial charge in [-0.25, -0.2) is 0 Å². The van der Waals surface area contributed by atoms with E-state index in [0.29, 0.717) is 0 Å². The number of nitrogens with two attached hydrogens (primary N) is 1. The van der Waals surface area contributed by atoms with Crippen LogP contribution in [-0.2, 0) is 11.8 Å². The van der Waals surface area contributed by atoms with Gasteiger partial charge in [-0.3, -0.25) is 0 Å². The van der Waals surface area contributed by atoms with E-state index in [2.05, 4.69) is 45.0 Å². The van der Waals surface area contributed by atoms with Crippen LogP contribution < -0.4 is 5.73 Å². The fourth-order valence-corrected chi connectivity index (χ4v) is 2.79. The third-order valence-electron chi connectivity index (χ3n) is 3.98. The van der Waals surface area contributed by atoms with Gasteiger partial charge in [-0.1, -0.05) is 57.9 Å². The van der Waals surface area contributed by atoms with Crippen molar-refractivity contribution in [3.8, 4) is 0 Å². The Kier molecular flexibility index (Phi) is 3.31. The number of rotatable bonds is 2. The Morgan fingerprint density at radius 3 is 2.06 bits per heavy atom. The molecule has 1 heteroatoms. The van der Waals surface area contributed by atoms with Crippen molar-refractivity contribution >= 4 is 0 Å². The first kappa shape index (κ1) is 12.6. The molecular formula is C16H25N. The average Bonchev–Trinajstić information content (AvgIpc) is 2.64. The van der Waals surface area contributed by atoms with Crippen molar-refractivity contribution in [3.63, 3.8) is 0 Å². The largest absolute Gasteiger partial charge is 0.325 e. The normalized spacial score (nSPS) is 19.5. The van der Waals surface area contributed by atoms with Crippen LogP contribution in [0.25, 0.3) is 0 Å². The van der Waals surface area contributed by atoms with Crippen LogP contribution in [0.4, 0.5) is 0 Å². The van der Waals surface area contributed by atoms with Gasteiger partial charge in [0.25, 0.3) is 0 Å². The lowest BCUT2D eigenvalue weighted by molar-refractivity contribution is 0.436. The molecule has 1 saturated carbocycles. The van der Waals surface area contributed by atoms with Gasteiger partial charge in [-0.05, 0) is 35.8 Å². The molecule has 1 aromatic rings. The van der Waals surface area contributed by atoms with E-state index >= 15 is 0 Å². The minimum absolute atomic E-state index is 0.0727. The van der Waals surface area contributed by atoms with Gasteiger partial charge < -0.3 is 5.73 Å². The molecule has 0 aromatic heterocycles. The molecular weight excluding hydrogens is 206 g/mol. The van der Waals surface area contributed by atoms with E-state index in [4.69, 9.17) is 5.73 Å². The van der Waals surface area contributed by atoms with Crippen LogP contribution in [0.2, 0.25) is 0 Å². The molecule has 1 aliphatic rings. The third-order valence-corrected chi connectivity index (χ3v) is 3.98. The molecule has 1 fully saturated rings. The van der Waals surface area contributed by atoms with Crippen LogP contribution in [0, 0.1) is 0 Å². The second kappa shape index (κ2) is 4.45. The Labute approximate surface area is 105 Å². The van der Waals surface area contributed by atoms with E-state index < -0.39 is 0 Å². The second-order valence-corrected chi connectivity index (χ2v) is 6.69. The SMILES string of the molecule is CC(C)(C)c1ccc(CC2(N)CCCC2)cc1. The molecule has 0 aliphatic heterocycles. The minimum atomic E-state index is 0.0727. The van der Waals surface area contributed by atoms with E-state index in [0.717, 1.165) is 6.42 Å². The summed E-state index contributed by atoms with van der Waals surface area (Å²) in [5.74, 6) is 0. The van der Waals surface area contributed by atoms with Crippen LogP contribution in [0.5, 0.6) is 0 Å². The summed E-state index contributed by atoms with van der Waals surface area (Å²) in [6.07, 6.45) is 6.02. The summed E-state index contributed by atoms with van der Waals surface area (Å²) in [6.45, 7) is 6.76. The third kappa shape index (κ3) is 3.10. The predicted molar refractivity (Wildman–Crippen MR) is 74.2 cm³/mol. The highest BCUT2D eigenvalue weighted by atomic mass is 14.7. The summed E-state index contributed by atoms with van der Waals surface area (Å²) in [5, 5.41) is 0.